The van der Waals surface area contributed by atoms with Gasteiger partial charge in [-0.1, -0.05) is 0 Å². The fourth-order valence-electron chi connectivity index (χ4n) is 2.14. The van der Waals surface area contributed by atoms with Gasteiger partial charge < -0.3 is 14.8 Å². The van der Waals surface area contributed by atoms with E-state index in [9.17, 15) is 14.9 Å². The van der Waals surface area contributed by atoms with Crippen molar-refractivity contribution in [1.82, 2.24) is 5.32 Å². The maximum atomic E-state index is 11.7. The molecule has 1 amide bonds. The Morgan fingerprint density at radius 1 is 1.57 bits per heavy atom. The summed E-state index contributed by atoms with van der Waals surface area (Å²) >= 11 is 0. The number of hydrogen-bond donors (Lipinski definition) is 1. The quantitative estimate of drug-likeness (QED) is 0.635. The molecule has 1 aliphatic heterocycles. The molecular formula is C14H18N2O5. The second kappa shape index (κ2) is 7.03. The van der Waals surface area contributed by atoms with Crippen molar-refractivity contribution in [2.75, 3.05) is 19.8 Å². The minimum absolute atomic E-state index is 0.00248. The van der Waals surface area contributed by atoms with Crippen molar-refractivity contribution in [3.63, 3.8) is 0 Å². The van der Waals surface area contributed by atoms with Crippen molar-refractivity contribution in [3.05, 3.63) is 33.9 Å². The van der Waals surface area contributed by atoms with E-state index in [1.807, 2.05) is 0 Å². The molecule has 114 valence electrons. The molecule has 1 aliphatic rings. The monoisotopic (exact) mass is 294 g/mol. The van der Waals surface area contributed by atoms with Crippen molar-refractivity contribution < 1.29 is 19.2 Å². The molecule has 1 N–H and O–H groups in total. The highest BCUT2D eigenvalue weighted by atomic mass is 16.6. The number of nitrogens with one attached hydrogen (secondary N) is 1. The molecular weight excluding hydrogens is 276 g/mol. The molecule has 0 radical (unpaired) electrons. The summed E-state index contributed by atoms with van der Waals surface area (Å²) in [5.41, 5.74) is 0.624. The van der Waals surface area contributed by atoms with Crippen LogP contribution in [-0.2, 0) is 9.53 Å². The van der Waals surface area contributed by atoms with Gasteiger partial charge in [0.25, 0.3) is 11.6 Å². The number of benzene rings is 1. The largest absolute Gasteiger partial charge is 0.484 e. The fraction of sp³-hybridized carbons (Fsp3) is 0.500. The van der Waals surface area contributed by atoms with E-state index in [-0.39, 0.29) is 24.3 Å². The van der Waals surface area contributed by atoms with Crippen LogP contribution < -0.4 is 10.1 Å². The molecule has 1 unspecified atom stereocenters. The Hall–Kier alpha value is -2.15. The average Bonchev–Trinajstić information content (AvgIpc) is 2.97. The first-order valence-corrected chi connectivity index (χ1v) is 6.82. The van der Waals surface area contributed by atoms with Crippen LogP contribution in [0.4, 0.5) is 5.69 Å². The van der Waals surface area contributed by atoms with Gasteiger partial charge in [0.15, 0.2) is 6.61 Å². The molecule has 0 spiro atoms. The van der Waals surface area contributed by atoms with Gasteiger partial charge in [-0.2, -0.15) is 0 Å². The summed E-state index contributed by atoms with van der Waals surface area (Å²) in [7, 11) is 0. The Bertz CT molecular complexity index is 526. The second-order valence-electron chi connectivity index (χ2n) is 4.93. The fourth-order valence-corrected chi connectivity index (χ4v) is 2.14. The molecule has 21 heavy (non-hydrogen) atoms. The zero-order chi connectivity index (χ0) is 15.2. The number of rotatable bonds is 6. The molecule has 7 nitrogen and oxygen atoms in total. The number of ether oxygens (including phenoxy) is 2. The molecule has 0 saturated carbocycles. The first-order valence-electron chi connectivity index (χ1n) is 6.82. The maximum Gasteiger partial charge on any atom is 0.269 e. The zero-order valence-electron chi connectivity index (χ0n) is 11.8. The van der Waals surface area contributed by atoms with Gasteiger partial charge in [0.2, 0.25) is 0 Å². The van der Waals surface area contributed by atoms with E-state index < -0.39 is 4.92 Å². The van der Waals surface area contributed by atoms with Crippen LogP contribution in [0.15, 0.2) is 18.2 Å². The molecule has 0 aliphatic carbocycles. The molecule has 1 aromatic carbocycles. The maximum absolute atomic E-state index is 11.7. The Kier molecular flexibility index (Phi) is 5.10. The van der Waals surface area contributed by atoms with Gasteiger partial charge in [0.1, 0.15) is 5.75 Å². The summed E-state index contributed by atoms with van der Waals surface area (Å²) in [5.74, 6) is 0.233. The molecule has 1 aromatic rings. The highest BCUT2D eigenvalue weighted by molar-refractivity contribution is 5.77. The van der Waals surface area contributed by atoms with Crippen LogP contribution in [0.2, 0.25) is 0 Å². The molecule has 1 saturated heterocycles. The lowest BCUT2D eigenvalue weighted by Gasteiger charge is -2.12. The standard InChI is InChI=1S/C14H18N2O5/c1-10-7-11(16(18)19)4-5-13(10)21-9-14(17)15-8-12-3-2-6-20-12/h4-5,7,12H,2-3,6,8-9H2,1H3,(H,15,17). The smallest absolute Gasteiger partial charge is 0.269 e. The normalized spacial score (nSPS) is 17.5. The number of non-ortho nitro benzene ring substituents is 1. The summed E-state index contributed by atoms with van der Waals surface area (Å²) in [4.78, 5) is 21.8. The number of nitrogens with zero attached hydrogens (tertiary/aromatic N) is 1. The van der Waals surface area contributed by atoms with Crippen LogP contribution in [-0.4, -0.2) is 36.7 Å². The molecule has 7 heteroatoms. The van der Waals surface area contributed by atoms with Gasteiger partial charge in [-0.05, 0) is 31.4 Å². The molecule has 0 bridgehead atoms. The Morgan fingerprint density at radius 3 is 3.00 bits per heavy atom. The van der Waals surface area contributed by atoms with Crippen molar-refractivity contribution in [2.24, 2.45) is 0 Å². The average molecular weight is 294 g/mol. The van der Waals surface area contributed by atoms with E-state index in [1.165, 1.54) is 18.2 Å². The van der Waals surface area contributed by atoms with E-state index in [0.29, 0.717) is 17.9 Å². The van der Waals surface area contributed by atoms with Crippen molar-refractivity contribution in [1.29, 1.82) is 0 Å². The first-order chi connectivity index (χ1) is 10.1. The summed E-state index contributed by atoms with van der Waals surface area (Å²) in [6.45, 7) is 2.82. The van der Waals surface area contributed by atoms with Gasteiger partial charge in [-0.25, -0.2) is 0 Å². The number of aryl methyl sites for hydroxylation is 1. The van der Waals surface area contributed by atoms with Crippen LogP contribution in [0.1, 0.15) is 18.4 Å². The number of nitro benzene ring substituents is 1. The Morgan fingerprint density at radius 2 is 2.38 bits per heavy atom. The number of nitro groups is 1. The lowest BCUT2D eigenvalue weighted by Crippen LogP contribution is -2.35. The zero-order valence-corrected chi connectivity index (χ0v) is 11.8. The number of carbonyl (C=O) groups is 1. The minimum atomic E-state index is -0.467. The van der Waals surface area contributed by atoms with E-state index in [2.05, 4.69) is 5.32 Å². The van der Waals surface area contributed by atoms with Crippen LogP contribution in [0.3, 0.4) is 0 Å². The Labute approximate surface area is 122 Å². The van der Waals surface area contributed by atoms with Gasteiger partial charge >= 0.3 is 0 Å². The van der Waals surface area contributed by atoms with E-state index in [4.69, 9.17) is 9.47 Å². The molecule has 0 aromatic heterocycles. The predicted molar refractivity (Wildman–Crippen MR) is 75.3 cm³/mol. The van der Waals surface area contributed by atoms with Gasteiger partial charge in [-0.3, -0.25) is 14.9 Å². The van der Waals surface area contributed by atoms with Crippen LogP contribution in [0.25, 0.3) is 0 Å². The first kappa shape index (κ1) is 15.2. The number of carbonyl (C=O) groups excluding carboxylic acids is 1. The SMILES string of the molecule is Cc1cc([N+](=O)[O-])ccc1OCC(=O)NCC1CCCO1. The third-order valence-corrected chi connectivity index (χ3v) is 3.28. The third-order valence-electron chi connectivity index (χ3n) is 3.28. The van der Waals surface area contributed by atoms with Crippen LogP contribution in [0.5, 0.6) is 5.75 Å². The van der Waals surface area contributed by atoms with Gasteiger partial charge in [0, 0.05) is 25.3 Å². The van der Waals surface area contributed by atoms with Crippen molar-refractivity contribution in [3.8, 4) is 5.75 Å². The third kappa shape index (κ3) is 4.42. The second-order valence-corrected chi connectivity index (χ2v) is 4.93. The molecule has 1 heterocycles. The minimum Gasteiger partial charge on any atom is -0.484 e. The number of amides is 1. The number of hydrogen-bond acceptors (Lipinski definition) is 5. The summed E-state index contributed by atoms with van der Waals surface area (Å²) in [5, 5.41) is 13.4. The van der Waals surface area contributed by atoms with Crippen molar-refractivity contribution >= 4 is 11.6 Å². The summed E-state index contributed by atoms with van der Waals surface area (Å²) in [6.07, 6.45) is 2.08. The topological polar surface area (TPSA) is 90.7 Å². The van der Waals surface area contributed by atoms with Gasteiger partial charge in [0.05, 0.1) is 11.0 Å². The summed E-state index contributed by atoms with van der Waals surface area (Å²) < 4.78 is 10.8. The van der Waals surface area contributed by atoms with E-state index in [1.54, 1.807) is 6.92 Å². The molecule has 1 atom stereocenters. The summed E-state index contributed by atoms with van der Waals surface area (Å²) in [6, 6.07) is 4.27. The van der Waals surface area contributed by atoms with E-state index >= 15 is 0 Å². The van der Waals surface area contributed by atoms with Crippen LogP contribution in [0, 0.1) is 17.0 Å². The highest BCUT2D eigenvalue weighted by Crippen LogP contribution is 2.23. The lowest BCUT2D eigenvalue weighted by atomic mass is 10.2. The van der Waals surface area contributed by atoms with Crippen molar-refractivity contribution in [2.45, 2.75) is 25.9 Å². The predicted octanol–water partition coefficient (Wildman–Crippen LogP) is 1.58. The van der Waals surface area contributed by atoms with Crippen LogP contribution >= 0.6 is 0 Å². The van der Waals surface area contributed by atoms with Gasteiger partial charge in [-0.15, -0.1) is 0 Å². The highest BCUT2D eigenvalue weighted by Gasteiger charge is 2.16. The Balaban J connectivity index is 1.79. The van der Waals surface area contributed by atoms with E-state index in [0.717, 1.165) is 19.4 Å². The molecule has 2 rings (SSSR count). The molecule has 1 fully saturated rings. The lowest BCUT2D eigenvalue weighted by molar-refractivity contribution is -0.384.